The van der Waals surface area contributed by atoms with Gasteiger partial charge < -0.3 is 9.15 Å². The van der Waals surface area contributed by atoms with E-state index in [1.165, 1.54) is 22.3 Å². The fourth-order valence-electron chi connectivity index (χ4n) is 3.81. The van der Waals surface area contributed by atoms with E-state index in [0.29, 0.717) is 0 Å². The van der Waals surface area contributed by atoms with Crippen LogP contribution in [0.1, 0.15) is 22.3 Å². The summed E-state index contributed by atoms with van der Waals surface area (Å²) in [6, 6.07) is 20.7. The first-order valence-corrected chi connectivity index (χ1v) is 9.81. The Morgan fingerprint density at radius 1 is 0.759 bits per heavy atom. The first-order valence-electron chi connectivity index (χ1n) is 9.81. The molecular weight excluding hydrogens is 358 g/mol. The molecule has 0 atom stereocenters. The molecule has 3 nitrogen and oxygen atoms in total. The molecule has 4 aromatic rings. The Morgan fingerprint density at radius 3 is 2.10 bits per heavy atom. The Bertz CT molecular complexity index is 1240. The lowest BCUT2D eigenvalue weighted by Crippen LogP contribution is -2.71. The molecule has 0 fully saturated rings. The maximum Gasteiger partial charge on any atom is 0.218 e. The molecule has 4 rings (SSSR count). The molecule has 1 aromatic heterocycles. The molecule has 0 saturated carbocycles. The molecule has 0 spiro atoms. The summed E-state index contributed by atoms with van der Waals surface area (Å²) in [7, 11) is 1.67. The Labute approximate surface area is 171 Å². The van der Waals surface area contributed by atoms with Crippen LogP contribution in [0, 0.1) is 27.7 Å². The van der Waals surface area contributed by atoms with E-state index in [1.54, 1.807) is 7.11 Å². The summed E-state index contributed by atoms with van der Waals surface area (Å²) in [5.74, 6) is 1.64. The van der Waals surface area contributed by atoms with Gasteiger partial charge in [0.05, 0.1) is 18.6 Å². The van der Waals surface area contributed by atoms with Crippen molar-refractivity contribution in [1.29, 1.82) is 0 Å². The van der Waals surface area contributed by atoms with Crippen LogP contribution in [0.2, 0.25) is 0 Å². The van der Waals surface area contributed by atoms with E-state index in [0.717, 1.165) is 39.1 Å². The smallest absolute Gasteiger partial charge is 0.218 e. The molecule has 0 aliphatic carbocycles. The van der Waals surface area contributed by atoms with Crippen molar-refractivity contribution in [1.82, 2.24) is 0 Å². The number of aryl methyl sites for hydroxylation is 4. The lowest BCUT2D eigenvalue weighted by molar-refractivity contribution is -0.402. The quantitative estimate of drug-likeness (QED) is 0.558. The van der Waals surface area contributed by atoms with Crippen molar-refractivity contribution in [2.24, 2.45) is 0 Å². The van der Waals surface area contributed by atoms with Crippen LogP contribution >= 0.6 is 0 Å². The first-order chi connectivity index (χ1) is 13.9. The van der Waals surface area contributed by atoms with Gasteiger partial charge >= 0.3 is 0 Å². The molecule has 0 aliphatic rings. The largest absolute Gasteiger partial charge is 0.497 e. The topological polar surface area (TPSA) is 36.3 Å². The molecule has 0 amide bonds. The van der Waals surface area contributed by atoms with Gasteiger partial charge in [-0.1, -0.05) is 17.2 Å². The van der Waals surface area contributed by atoms with Crippen molar-refractivity contribution in [3.8, 4) is 17.1 Å². The average Bonchev–Trinajstić information content (AvgIpc) is 2.70. The van der Waals surface area contributed by atoms with Gasteiger partial charge in [-0.25, -0.2) is 4.99 Å². The highest BCUT2D eigenvalue weighted by Gasteiger charge is 2.13. The maximum absolute atomic E-state index is 6.25. The molecule has 0 unspecified atom stereocenters. The molecule has 1 heterocycles. The Balaban J connectivity index is 2.00. The zero-order valence-corrected chi connectivity index (χ0v) is 17.6. The minimum absolute atomic E-state index is 0.814. The van der Waals surface area contributed by atoms with Crippen molar-refractivity contribution in [2.75, 3.05) is 7.11 Å². The lowest BCUT2D eigenvalue weighted by atomic mass is 10.0. The third-order valence-corrected chi connectivity index (χ3v) is 5.23. The highest BCUT2D eigenvalue weighted by molar-refractivity contribution is 5.79. The van der Waals surface area contributed by atoms with Crippen LogP contribution < -0.4 is 15.1 Å². The van der Waals surface area contributed by atoms with Gasteiger partial charge in [0.15, 0.2) is 0 Å². The minimum Gasteiger partial charge on any atom is -0.497 e. The van der Waals surface area contributed by atoms with Crippen molar-refractivity contribution < 1.29 is 14.1 Å². The van der Waals surface area contributed by atoms with E-state index in [1.807, 2.05) is 30.3 Å². The zero-order chi connectivity index (χ0) is 20.5. The molecule has 146 valence electrons. The molecule has 3 aromatic carbocycles. The number of hydrogen-bond donors (Lipinski definition) is 1. The van der Waals surface area contributed by atoms with Crippen LogP contribution in [-0.2, 0) is 0 Å². The van der Waals surface area contributed by atoms with Crippen molar-refractivity contribution in [2.45, 2.75) is 27.7 Å². The number of ether oxygens (including phenoxy) is 1. The van der Waals surface area contributed by atoms with Gasteiger partial charge in [0.25, 0.3) is 0 Å². The summed E-state index contributed by atoms with van der Waals surface area (Å²) in [5, 5.41) is 2.11. The van der Waals surface area contributed by atoms with Gasteiger partial charge in [0, 0.05) is 16.7 Å². The van der Waals surface area contributed by atoms with Crippen LogP contribution in [0.3, 0.4) is 0 Å². The maximum atomic E-state index is 6.25. The van der Waals surface area contributed by atoms with Gasteiger partial charge in [0.2, 0.25) is 11.0 Å². The summed E-state index contributed by atoms with van der Waals surface area (Å²) in [5.41, 5.74) is 7.94. The molecule has 1 N–H and O–H groups in total. The van der Waals surface area contributed by atoms with Crippen molar-refractivity contribution in [3.05, 3.63) is 88.3 Å². The van der Waals surface area contributed by atoms with Gasteiger partial charge in [-0.2, -0.15) is 0 Å². The van der Waals surface area contributed by atoms with Crippen molar-refractivity contribution >= 4 is 16.7 Å². The lowest BCUT2D eigenvalue weighted by Gasteiger charge is -2.06. The number of benzene rings is 3. The molecule has 3 heteroatoms. The summed E-state index contributed by atoms with van der Waals surface area (Å²) in [6.45, 7) is 8.52. The molecular formula is C26H26NO2+. The van der Waals surface area contributed by atoms with E-state index in [4.69, 9.17) is 9.15 Å². The van der Waals surface area contributed by atoms with Crippen LogP contribution in [-0.4, -0.2) is 7.11 Å². The normalized spacial score (nSPS) is 11.8. The van der Waals surface area contributed by atoms with Crippen LogP contribution in [0.5, 0.6) is 5.75 Å². The second kappa shape index (κ2) is 7.59. The fraction of sp³-hybridized carbons (Fsp3) is 0.192. The van der Waals surface area contributed by atoms with E-state index in [9.17, 15) is 0 Å². The van der Waals surface area contributed by atoms with E-state index < -0.39 is 0 Å². The Hall–Kier alpha value is -3.33. The SMILES string of the molecule is COc1ccc(-c2cc(=[NH+]c3c(C)cc(C)cc3C)c3cc(C)ccc3o2)cc1. The van der Waals surface area contributed by atoms with E-state index >= 15 is 0 Å². The monoisotopic (exact) mass is 384 g/mol. The first kappa shape index (κ1) is 19.0. The number of hydrogen-bond acceptors (Lipinski definition) is 2. The van der Waals surface area contributed by atoms with E-state index in [2.05, 4.69) is 63.0 Å². The molecule has 0 radical (unpaired) electrons. The minimum atomic E-state index is 0.814. The molecule has 0 bridgehead atoms. The highest BCUT2D eigenvalue weighted by Crippen LogP contribution is 2.24. The van der Waals surface area contributed by atoms with Crippen LogP contribution in [0.25, 0.3) is 22.3 Å². The number of methoxy groups -OCH3 is 1. The predicted molar refractivity (Wildman–Crippen MR) is 117 cm³/mol. The van der Waals surface area contributed by atoms with Gasteiger partial charge in [-0.15, -0.1) is 0 Å². The predicted octanol–water partition coefficient (Wildman–Crippen LogP) is 4.66. The standard InChI is InChI=1S/C26H25NO2/c1-16-6-11-24-22(14-16)23(27-26-18(3)12-17(2)13-19(26)4)15-25(29-24)20-7-9-21(28-5)10-8-20/h6-15H,1-5H3/p+1. The Kier molecular flexibility index (Phi) is 4.98. The van der Waals surface area contributed by atoms with E-state index in [-0.39, 0.29) is 0 Å². The van der Waals surface area contributed by atoms with Gasteiger partial charge in [-0.05, 0) is 76.2 Å². The second-order valence-electron chi connectivity index (χ2n) is 7.65. The van der Waals surface area contributed by atoms with Crippen LogP contribution in [0.4, 0.5) is 5.69 Å². The highest BCUT2D eigenvalue weighted by atomic mass is 16.5. The average molecular weight is 384 g/mol. The number of fused-ring (bicyclic) bond motifs is 1. The second-order valence-corrected chi connectivity index (χ2v) is 7.65. The van der Waals surface area contributed by atoms with Crippen LogP contribution in [0.15, 0.2) is 65.1 Å². The molecule has 0 saturated heterocycles. The Morgan fingerprint density at radius 2 is 1.45 bits per heavy atom. The summed E-state index contributed by atoms with van der Waals surface area (Å²) >= 11 is 0. The summed E-state index contributed by atoms with van der Waals surface area (Å²) in [4.78, 5) is 3.69. The van der Waals surface area contributed by atoms with Gasteiger partial charge in [0.1, 0.15) is 17.1 Å². The summed E-state index contributed by atoms with van der Waals surface area (Å²) < 4.78 is 11.5. The fourth-order valence-corrected chi connectivity index (χ4v) is 3.81. The zero-order valence-electron chi connectivity index (χ0n) is 17.6. The third-order valence-electron chi connectivity index (χ3n) is 5.23. The number of rotatable bonds is 3. The molecule has 0 aliphatic heterocycles. The summed E-state index contributed by atoms with van der Waals surface area (Å²) in [6.07, 6.45) is 0. The third kappa shape index (κ3) is 3.81. The molecule has 29 heavy (non-hydrogen) atoms. The number of nitrogens with one attached hydrogen (secondary N) is 1. The van der Waals surface area contributed by atoms with Gasteiger partial charge in [-0.3, -0.25) is 0 Å². The van der Waals surface area contributed by atoms with Crippen molar-refractivity contribution in [3.63, 3.8) is 0 Å².